The summed E-state index contributed by atoms with van der Waals surface area (Å²) in [6, 6.07) is 7.14. The molecule has 1 unspecified atom stereocenters. The quantitative estimate of drug-likeness (QED) is 0.864. The number of ether oxygens (including phenoxy) is 1. The van der Waals surface area contributed by atoms with Crippen molar-refractivity contribution < 1.29 is 9.53 Å². The number of hydrogen-bond donors (Lipinski definition) is 1. The molecule has 90 valence electrons. The molecule has 4 heteroatoms. The van der Waals surface area contributed by atoms with E-state index in [2.05, 4.69) is 5.32 Å². The Kier molecular flexibility index (Phi) is 4.53. The molecule has 0 aliphatic heterocycles. The molecule has 17 heavy (non-hydrogen) atoms. The third kappa shape index (κ3) is 3.49. The van der Waals surface area contributed by atoms with Crippen molar-refractivity contribution in [3.8, 4) is 11.8 Å². The van der Waals surface area contributed by atoms with Gasteiger partial charge in [-0.2, -0.15) is 5.26 Å². The van der Waals surface area contributed by atoms with E-state index in [1.165, 1.54) is 0 Å². The first-order valence-corrected chi connectivity index (χ1v) is 5.41. The number of methoxy groups -OCH3 is 1. The third-order valence-electron chi connectivity index (χ3n) is 2.45. The summed E-state index contributed by atoms with van der Waals surface area (Å²) in [5, 5.41) is 11.3. The predicted octanol–water partition coefficient (Wildman–Crippen LogP) is 2.04. The lowest BCUT2D eigenvalue weighted by atomic mass is 10.1. The van der Waals surface area contributed by atoms with Crippen LogP contribution >= 0.6 is 0 Å². The Morgan fingerprint density at radius 3 is 2.88 bits per heavy atom. The molecule has 1 amide bonds. The monoisotopic (exact) mass is 232 g/mol. The molecular formula is C13H16N2O2. The number of benzene rings is 1. The third-order valence-corrected chi connectivity index (χ3v) is 2.45. The van der Waals surface area contributed by atoms with Crippen LogP contribution in [-0.4, -0.2) is 19.1 Å². The Labute approximate surface area is 101 Å². The minimum absolute atomic E-state index is 0.153. The van der Waals surface area contributed by atoms with Crippen molar-refractivity contribution in [2.24, 2.45) is 0 Å². The maximum atomic E-state index is 11.8. The second-order valence-corrected chi connectivity index (χ2v) is 3.92. The van der Waals surface area contributed by atoms with Crippen molar-refractivity contribution in [3.63, 3.8) is 0 Å². The van der Waals surface area contributed by atoms with Crippen LogP contribution in [0.1, 0.15) is 29.3 Å². The summed E-state index contributed by atoms with van der Waals surface area (Å²) in [5.74, 6) is 0.497. The van der Waals surface area contributed by atoms with Crippen LogP contribution in [0.3, 0.4) is 0 Å². The molecule has 0 bridgehead atoms. The summed E-state index contributed by atoms with van der Waals surface area (Å²) in [6.45, 7) is 3.71. The number of aryl methyl sites for hydroxylation is 1. The average Bonchev–Trinajstić information content (AvgIpc) is 2.29. The van der Waals surface area contributed by atoms with Gasteiger partial charge in [0.2, 0.25) is 0 Å². The van der Waals surface area contributed by atoms with Crippen molar-refractivity contribution >= 4 is 5.91 Å². The molecule has 0 aliphatic carbocycles. The van der Waals surface area contributed by atoms with Crippen molar-refractivity contribution in [2.45, 2.75) is 26.3 Å². The molecule has 1 rings (SSSR count). The number of rotatable bonds is 4. The van der Waals surface area contributed by atoms with Crippen LogP contribution in [-0.2, 0) is 0 Å². The maximum Gasteiger partial charge on any atom is 0.251 e. The van der Waals surface area contributed by atoms with Crippen LogP contribution in [0.4, 0.5) is 0 Å². The molecule has 1 N–H and O–H groups in total. The van der Waals surface area contributed by atoms with Crippen LogP contribution in [0.15, 0.2) is 18.2 Å². The summed E-state index contributed by atoms with van der Waals surface area (Å²) >= 11 is 0. The summed E-state index contributed by atoms with van der Waals surface area (Å²) in [4.78, 5) is 11.8. The smallest absolute Gasteiger partial charge is 0.251 e. The molecule has 4 nitrogen and oxygen atoms in total. The number of hydrogen-bond acceptors (Lipinski definition) is 3. The van der Waals surface area contributed by atoms with Gasteiger partial charge in [-0.05, 0) is 31.5 Å². The summed E-state index contributed by atoms with van der Waals surface area (Å²) < 4.78 is 5.16. The second-order valence-electron chi connectivity index (χ2n) is 3.92. The first-order chi connectivity index (χ1) is 8.08. The highest BCUT2D eigenvalue weighted by Gasteiger charge is 2.11. The van der Waals surface area contributed by atoms with Gasteiger partial charge in [-0.25, -0.2) is 0 Å². The number of amides is 1. The van der Waals surface area contributed by atoms with E-state index in [1.54, 1.807) is 26.2 Å². The fraction of sp³-hybridized carbons (Fsp3) is 0.385. The molecule has 1 aromatic carbocycles. The molecular weight excluding hydrogens is 216 g/mol. The van der Waals surface area contributed by atoms with E-state index < -0.39 is 0 Å². The summed E-state index contributed by atoms with van der Waals surface area (Å²) in [5.41, 5.74) is 1.52. The zero-order valence-electron chi connectivity index (χ0n) is 10.3. The van der Waals surface area contributed by atoms with Gasteiger partial charge in [-0.3, -0.25) is 4.79 Å². The van der Waals surface area contributed by atoms with Crippen LogP contribution in [0.5, 0.6) is 5.75 Å². The number of carbonyl (C=O) groups excluding carboxylic acids is 1. The van der Waals surface area contributed by atoms with Gasteiger partial charge < -0.3 is 10.1 Å². The lowest BCUT2D eigenvalue weighted by Crippen LogP contribution is -2.32. The van der Waals surface area contributed by atoms with Crippen LogP contribution in [0.2, 0.25) is 0 Å². The molecule has 0 radical (unpaired) electrons. The molecule has 0 heterocycles. The molecule has 0 spiro atoms. The first kappa shape index (κ1) is 13.0. The van der Waals surface area contributed by atoms with Gasteiger partial charge >= 0.3 is 0 Å². The van der Waals surface area contributed by atoms with Gasteiger partial charge in [-0.1, -0.05) is 6.07 Å². The highest BCUT2D eigenvalue weighted by atomic mass is 16.5. The predicted molar refractivity (Wildman–Crippen MR) is 64.9 cm³/mol. The second kappa shape index (κ2) is 5.90. The van der Waals surface area contributed by atoms with E-state index in [0.29, 0.717) is 17.7 Å². The van der Waals surface area contributed by atoms with E-state index in [9.17, 15) is 4.79 Å². The molecule has 0 saturated heterocycles. The minimum atomic E-state index is -0.189. The van der Waals surface area contributed by atoms with E-state index in [1.807, 2.05) is 19.1 Å². The zero-order valence-corrected chi connectivity index (χ0v) is 10.3. The van der Waals surface area contributed by atoms with Crippen LogP contribution in [0.25, 0.3) is 0 Å². The largest absolute Gasteiger partial charge is 0.496 e. The van der Waals surface area contributed by atoms with Crippen LogP contribution < -0.4 is 10.1 Å². The van der Waals surface area contributed by atoms with Gasteiger partial charge in [0.05, 0.1) is 19.6 Å². The Hall–Kier alpha value is -2.02. The van der Waals surface area contributed by atoms with E-state index >= 15 is 0 Å². The number of nitrogens with zero attached hydrogens (tertiary/aromatic N) is 1. The molecule has 0 aliphatic rings. The Morgan fingerprint density at radius 1 is 1.59 bits per heavy atom. The van der Waals surface area contributed by atoms with Gasteiger partial charge in [-0.15, -0.1) is 0 Å². The fourth-order valence-electron chi connectivity index (χ4n) is 1.46. The normalized spacial score (nSPS) is 11.4. The van der Waals surface area contributed by atoms with Crippen molar-refractivity contribution in [2.75, 3.05) is 7.11 Å². The highest BCUT2D eigenvalue weighted by Crippen LogP contribution is 2.18. The number of carbonyl (C=O) groups is 1. The van der Waals surface area contributed by atoms with Gasteiger partial charge in [0, 0.05) is 11.6 Å². The first-order valence-electron chi connectivity index (χ1n) is 5.41. The Balaban J connectivity index is 2.79. The minimum Gasteiger partial charge on any atom is -0.496 e. The van der Waals surface area contributed by atoms with Crippen molar-refractivity contribution in [1.82, 2.24) is 5.32 Å². The van der Waals surface area contributed by atoms with Gasteiger partial charge in [0.1, 0.15) is 5.75 Å². The molecule has 0 aromatic heterocycles. The average molecular weight is 232 g/mol. The van der Waals surface area contributed by atoms with Crippen molar-refractivity contribution in [3.05, 3.63) is 29.3 Å². The fourth-order valence-corrected chi connectivity index (χ4v) is 1.46. The standard InChI is InChI=1S/C13H16N2O2/c1-9-4-5-11(8-12(9)17-3)13(16)15-10(2)6-7-14/h4-5,8,10H,6H2,1-3H3,(H,15,16). The molecule has 0 fully saturated rings. The molecule has 1 atom stereocenters. The molecule has 0 saturated carbocycles. The van der Waals surface area contributed by atoms with E-state index in [0.717, 1.165) is 5.56 Å². The maximum absolute atomic E-state index is 11.8. The number of nitriles is 1. The van der Waals surface area contributed by atoms with Crippen molar-refractivity contribution in [1.29, 1.82) is 5.26 Å². The van der Waals surface area contributed by atoms with Gasteiger partial charge in [0.15, 0.2) is 0 Å². The lowest BCUT2D eigenvalue weighted by molar-refractivity contribution is 0.0940. The number of nitrogens with one attached hydrogen (secondary N) is 1. The van der Waals surface area contributed by atoms with E-state index in [4.69, 9.17) is 10.00 Å². The highest BCUT2D eigenvalue weighted by molar-refractivity contribution is 5.94. The Morgan fingerprint density at radius 2 is 2.29 bits per heavy atom. The van der Waals surface area contributed by atoms with Gasteiger partial charge in [0.25, 0.3) is 5.91 Å². The zero-order chi connectivity index (χ0) is 12.8. The molecule has 1 aromatic rings. The summed E-state index contributed by atoms with van der Waals surface area (Å²) in [6.07, 6.45) is 0.300. The van der Waals surface area contributed by atoms with E-state index in [-0.39, 0.29) is 11.9 Å². The topological polar surface area (TPSA) is 62.1 Å². The lowest BCUT2D eigenvalue weighted by Gasteiger charge is -2.11. The van der Waals surface area contributed by atoms with Crippen LogP contribution in [0, 0.1) is 18.3 Å². The Bertz CT molecular complexity index is 449. The summed E-state index contributed by atoms with van der Waals surface area (Å²) in [7, 11) is 1.57. The SMILES string of the molecule is COc1cc(C(=O)NC(C)CC#N)ccc1C.